The van der Waals surface area contributed by atoms with E-state index in [2.05, 4.69) is 9.62 Å². The molecule has 0 spiro atoms. The Kier molecular flexibility index (Phi) is 7.09. The van der Waals surface area contributed by atoms with Gasteiger partial charge >= 0.3 is 6.18 Å². The van der Waals surface area contributed by atoms with E-state index in [1.165, 1.54) is 6.07 Å². The maximum absolute atomic E-state index is 13.0. The summed E-state index contributed by atoms with van der Waals surface area (Å²) in [6.45, 7) is 1.81. The third kappa shape index (κ3) is 5.67. The molecule has 0 aromatic heterocycles. The Bertz CT molecular complexity index is 1180. The first-order valence-corrected chi connectivity index (χ1v) is 12.3. The number of benzene rings is 3. The monoisotopic (exact) mass is 490 g/mol. The van der Waals surface area contributed by atoms with Crippen LogP contribution in [0.5, 0.6) is 5.75 Å². The van der Waals surface area contributed by atoms with Crippen molar-refractivity contribution < 1.29 is 26.7 Å². The van der Waals surface area contributed by atoms with Gasteiger partial charge in [-0.2, -0.15) is 13.2 Å². The standard InChI is InChI=1S/C25H25F3N2O3S/c1-33-24-8-3-2-7-23(24)19-11-9-18(10-12-19)16-30-14-13-21(17-30)29-34(31,32)22-6-4-5-20(15-22)25(26,27)28/h2-12,15,21H,13-14,16-17H2,1H3,(H-,29,31,32). The van der Waals surface area contributed by atoms with E-state index in [-0.39, 0.29) is 10.9 Å². The number of hydrogen-bond donors (Lipinski definition) is 1. The molecule has 1 fully saturated rings. The van der Waals surface area contributed by atoms with E-state index in [1.54, 1.807) is 7.11 Å². The molecule has 5 nitrogen and oxygen atoms in total. The number of rotatable bonds is 7. The molecule has 2 unspecified atom stereocenters. The smallest absolute Gasteiger partial charge is 0.416 e. The summed E-state index contributed by atoms with van der Waals surface area (Å²) in [6, 6.07) is 19.3. The second-order valence-corrected chi connectivity index (χ2v) is 9.98. The first-order valence-electron chi connectivity index (χ1n) is 10.8. The highest BCUT2D eigenvalue weighted by Crippen LogP contribution is 2.32. The van der Waals surface area contributed by atoms with Crippen LogP contribution in [0.1, 0.15) is 17.5 Å². The number of para-hydroxylation sites is 1. The van der Waals surface area contributed by atoms with Gasteiger partial charge in [0, 0.05) is 31.3 Å². The minimum Gasteiger partial charge on any atom is -0.593 e. The van der Waals surface area contributed by atoms with Crippen molar-refractivity contribution in [3.63, 3.8) is 0 Å². The summed E-state index contributed by atoms with van der Waals surface area (Å²) < 4.78 is 72.1. The van der Waals surface area contributed by atoms with Crippen molar-refractivity contribution in [2.45, 2.75) is 30.1 Å². The van der Waals surface area contributed by atoms with Gasteiger partial charge in [-0.05, 0) is 35.7 Å². The van der Waals surface area contributed by atoms with Crippen LogP contribution in [-0.2, 0) is 27.3 Å². The third-order valence-corrected chi connectivity index (χ3v) is 7.36. The molecule has 1 aliphatic heterocycles. The summed E-state index contributed by atoms with van der Waals surface area (Å²) in [5.74, 6) is 0.797. The van der Waals surface area contributed by atoms with Crippen LogP contribution in [0, 0.1) is 0 Å². The number of alkyl halides is 3. The van der Waals surface area contributed by atoms with E-state index in [4.69, 9.17) is 4.74 Å². The Morgan fingerprint density at radius 1 is 1.09 bits per heavy atom. The maximum Gasteiger partial charge on any atom is 0.416 e. The van der Waals surface area contributed by atoms with Crippen LogP contribution >= 0.6 is 0 Å². The third-order valence-electron chi connectivity index (χ3n) is 5.84. The zero-order chi connectivity index (χ0) is 24.3. The van der Waals surface area contributed by atoms with Crippen LogP contribution < -0.4 is 9.46 Å². The summed E-state index contributed by atoms with van der Waals surface area (Å²) in [6.07, 6.45) is -4.02. The predicted octanol–water partition coefficient (Wildman–Crippen LogP) is 5.15. The van der Waals surface area contributed by atoms with Crippen molar-refractivity contribution in [2.75, 3.05) is 20.2 Å². The zero-order valence-corrected chi connectivity index (χ0v) is 19.4. The summed E-state index contributed by atoms with van der Waals surface area (Å²) >= 11 is 0. The summed E-state index contributed by atoms with van der Waals surface area (Å²) in [7, 11) is -2.42. The molecule has 0 aliphatic carbocycles. The molecule has 34 heavy (non-hydrogen) atoms. The van der Waals surface area contributed by atoms with Gasteiger partial charge in [0.05, 0.1) is 18.7 Å². The van der Waals surface area contributed by atoms with Gasteiger partial charge in [0.1, 0.15) is 5.75 Å². The molecule has 0 radical (unpaired) electrons. The molecular weight excluding hydrogens is 465 g/mol. The molecule has 4 rings (SSSR count). The molecule has 0 saturated carbocycles. The van der Waals surface area contributed by atoms with Gasteiger partial charge in [-0.25, -0.2) is 0 Å². The molecule has 3 aromatic rings. The van der Waals surface area contributed by atoms with Gasteiger partial charge in [0.2, 0.25) is 0 Å². The average Bonchev–Trinajstić information content (AvgIpc) is 3.25. The number of ether oxygens (including phenoxy) is 1. The molecule has 180 valence electrons. The second-order valence-electron chi connectivity index (χ2n) is 8.26. The Hall–Kier alpha value is -2.72. The fourth-order valence-corrected chi connectivity index (χ4v) is 5.44. The molecule has 0 amide bonds. The average molecular weight is 491 g/mol. The number of likely N-dealkylation sites (tertiary alicyclic amines) is 1. The number of nitrogens with one attached hydrogen (secondary N) is 1. The normalized spacial score (nSPS) is 18.6. The SMILES string of the molecule is COc1ccccc1-c1ccc(CN2CCC(N[S+](=O)([O-])c3cccc(C(F)(F)F)c3)C2)cc1. The molecule has 2 atom stereocenters. The number of sulfonamides is 1. The fraction of sp³-hybridized carbons (Fsp3) is 0.280. The number of nitrogens with zero attached hydrogens (tertiary/aromatic N) is 1. The predicted molar refractivity (Wildman–Crippen MR) is 124 cm³/mol. The topological polar surface area (TPSA) is 64.6 Å². The van der Waals surface area contributed by atoms with Gasteiger partial charge in [0.25, 0.3) is 0 Å². The highest BCUT2D eigenvalue weighted by molar-refractivity contribution is 7.95. The maximum atomic E-state index is 13.0. The van der Waals surface area contributed by atoms with Gasteiger partial charge in [-0.3, -0.25) is 4.90 Å². The Morgan fingerprint density at radius 3 is 2.53 bits per heavy atom. The van der Waals surface area contributed by atoms with Crippen molar-refractivity contribution in [1.29, 1.82) is 0 Å². The van der Waals surface area contributed by atoms with Crippen LogP contribution in [0.15, 0.2) is 77.7 Å². The van der Waals surface area contributed by atoms with E-state index in [1.807, 2.05) is 48.5 Å². The van der Waals surface area contributed by atoms with Crippen LogP contribution in [0.25, 0.3) is 11.1 Å². The second kappa shape index (κ2) is 9.87. The van der Waals surface area contributed by atoms with Crippen LogP contribution in [0.2, 0.25) is 0 Å². The summed E-state index contributed by atoms with van der Waals surface area (Å²) in [5, 5.41) is 0. The van der Waals surface area contributed by atoms with Gasteiger partial charge in [0.15, 0.2) is 15.3 Å². The Morgan fingerprint density at radius 2 is 1.82 bits per heavy atom. The summed E-state index contributed by atoms with van der Waals surface area (Å²) in [4.78, 5) is 1.74. The lowest BCUT2D eigenvalue weighted by molar-refractivity contribution is -0.137. The molecule has 1 N–H and O–H groups in total. The van der Waals surface area contributed by atoms with Gasteiger partial charge in [-0.15, -0.1) is 4.72 Å². The van der Waals surface area contributed by atoms with Crippen molar-refractivity contribution in [3.8, 4) is 16.9 Å². The quantitative estimate of drug-likeness (QED) is 0.466. The number of halogens is 3. The van der Waals surface area contributed by atoms with E-state index >= 15 is 0 Å². The first kappa shape index (κ1) is 24.4. The summed E-state index contributed by atoms with van der Waals surface area (Å²) in [5.41, 5.74) is 2.14. The molecule has 1 saturated heterocycles. The molecule has 0 bridgehead atoms. The van der Waals surface area contributed by atoms with Crippen molar-refractivity contribution >= 4 is 10.4 Å². The molecule has 1 aliphatic rings. The molecule has 1 heterocycles. The van der Waals surface area contributed by atoms with Crippen LogP contribution in [-0.4, -0.2) is 35.7 Å². The van der Waals surface area contributed by atoms with E-state index in [0.717, 1.165) is 34.6 Å². The van der Waals surface area contributed by atoms with E-state index < -0.39 is 22.1 Å². The lowest BCUT2D eigenvalue weighted by Crippen LogP contribution is -2.40. The lowest BCUT2D eigenvalue weighted by Gasteiger charge is -2.21. The van der Waals surface area contributed by atoms with Crippen LogP contribution in [0.4, 0.5) is 13.2 Å². The minimum atomic E-state index is -4.60. The van der Waals surface area contributed by atoms with Crippen molar-refractivity contribution in [2.24, 2.45) is 0 Å². The van der Waals surface area contributed by atoms with Crippen molar-refractivity contribution in [3.05, 3.63) is 83.9 Å². The van der Waals surface area contributed by atoms with Crippen molar-refractivity contribution in [1.82, 2.24) is 9.62 Å². The Labute approximate surface area is 197 Å². The molecule has 3 aromatic carbocycles. The highest BCUT2D eigenvalue weighted by atomic mass is 32.3. The number of hydrogen-bond acceptors (Lipinski definition) is 4. The zero-order valence-electron chi connectivity index (χ0n) is 18.5. The molecule has 9 heteroatoms. The van der Waals surface area contributed by atoms with E-state index in [9.17, 15) is 21.9 Å². The van der Waals surface area contributed by atoms with E-state index in [0.29, 0.717) is 32.1 Å². The largest absolute Gasteiger partial charge is 0.593 e. The lowest BCUT2D eigenvalue weighted by atomic mass is 10.0. The first-order chi connectivity index (χ1) is 16.2. The van der Waals surface area contributed by atoms with Gasteiger partial charge in [-0.1, -0.05) is 52.7 Å². The fourth-order valence-electron chi connectivity index (χ4n) is 4.13. The molecular formula is C25H25F3N2O3S. The Balaban J connectivity index is 1.37. The minimum absolute atomic E-state index is 0.368. The number of methoxy groups -OCH3 is 1. The van der Waals surface area contributed by atoms with Gasteiger partial charge < -0.3 is 9.29 Å². The van der Waals surface area contributed by atoms with Crippen LogP contribution in [0.3, 0.4) is 0 Å². The highest BCUT2D eigenvalue weighted by Gasteiger charge is 2.35.